The van der Waals surface area contributed by atoms with Crippen LogP contribution in [0.2, 0.25) is 0 Å². The van der Waals surface area contributed by atoms with E-state index in [2.05, 4.69) is 17.2 Å². The van der Waals surface area contributed by atoms with Gasteiger partial charge in [-0.15, -0.1) is 0 Å². The highest BCUT2D eigenvalue weighted by Crippen LogP contribution is 2.18. The van der Waals surface area contributed by atoms with Crippen LogP contribution in [0.15, 0.2) is 18.2 Å². The van der Waals surface area contributed by atoms with E-state index in [1.807, 2.05) is 6.92 Å². The van der Waals surface area contributed by atoms with Crippen LogP contribution in [-0.2, 0) is 4.74 Å². The minimum atomic E-state index is -0.594. The molecule has 1 amide bonds. The quantitative estimate of drug-likeness (QED) is 0.811. The number of carbonyl (C=O) groups is 1. The van der Waals surface area contributed by atoms with Gasteiger partial charge in [0, 0.05) is 0 Å². The van der Waals surface area contributed by atoms with Crippen molar-refractivity contribution in [2.75, 3.05) is 13.2 Å². The molecule has 0 aliphatic rings. The maximum absolute atomic E-state index is 13.4. The second kappa shape index (κ2) is 9.14. The molecule has 0 heterocycles. The van der Waals surface area contributed by atoms with Gasteiger partial charge in [0.05, 0.1) is 18.2 Å². The summed E-state index contributed by atoms with van der Waals surface area (Å²) in [7, 11) is 0. The van der Waals surface area contributed by atoms with Crippen molar-refractivity contribution in [1.82, 2.24) is 5.32 Å². The lowest BCUT2D eigenvalue weighted by Crippen LogP contribution is -2.38. The van der Waals surface area contributed by atoms with Crippen LogP contribution in [0.1, 0.15) is 39.7 Å². The Balaban J connectivity index is 2.86. The molecule has 132 valence electrons. The van der Waals surface area contributed by atoms with Gasteiger partial charge in [-0.05, 0) is 45.4 Å². The van der Waals surface area contributed by atoms with Gasteiger partial charge in [0.2, 0.25) is 0 Å². The van der Waals surface area contributed by atoms with Gasteiger partial charge >= 0.3 is 6.09 Å². The predicted octanol–water partition coefficient (Wildman–Crippen LogP) is 2.85. The molecule has 0 aromatic heterocycles. The lowest BCUT2D eigenvalue weighted by atomic mass is 10.1. The van der Waals surface area contributed by atoms with Crippen molar-refractivity contribution in [3.63, 3.8) is 0 Å². The first-order valence-corrected chi connectivity index (χ1v) is 7.79. The molecule has 1 rings (SSSR count). The number of alkyl carbamates (subject to hydrolysis) is 1. The summed E-state index contributed by atoms with van der Waals surface area (Å²) < 4.78 is 23.9. The maximum atomic E-state index is 13.4. The fourth-order valence-electron chi connectivity index (χ4n) is 1.74. The first-order chi connectivity index (χ1) is 11.2. The Morgan fingerprint density at radius 1 is 1.42 bits per heavy atom. The summed E-state index contributed by atoms with van der Waals surface area (Å²) in [6, 6.07) is 3.53. The Kier molecular flexibility index (Phi) is 7.53. The third kappa shape index (κ3) is 7.34. The summed E-state index contributed by atoms with van der Waals surface area (Å²) in [5.41, 5.74) is -0.239. The molecule has 5 nitrogen and oxygen atoms in total. The molecule has 0 aliphatic carbocycles. The van der Waals surface area contributed by atoms with Crippen molar-refractivity contribution in [3.05, 3.63) is 29.6 Å². The molecule has 0 aliphatic heterocycles. The third-order valence-electron chi connectivity index (χ3n) is 2.77. The van der Waals surface area contributed by atoms with Crippen LogP contribution >= 0.6 is 0 Å². The molecule has 0 spiro atoms. The Labute approximate surface area is 142 Å². The van der Waals surface area contributed by atoms with Crippen LogP contribution in [0.25, 0.3) is 0 Å². The smallest absolute Gasteiger partial charge is 0.408 e. The summed E-state index contributed by atoms with van der Waals surface area (Å²) in [5.74, 6) is 5.63. The number of hydrogen-bond donors (Lipinski definition) is 2. The van der Waals surface area contributed by atoms with Gasteiger partial charge < -0.3 is 19.9 Å². The predicted molar refractivity (Wildman–Crippen MR) is 89.3 cm³/mol. The number of aliphatic hydroxyl groups is 1. The Morgan fingerprint density at radius 3 is 2.71 bits per heavy atom. The molecule has 0 saturated carbocycles. The van der Waals surface area contributed by atoms with Gasteiger partial charge in [-0.25, -0.2) is 9.18 Å². The van der Waals surface area contributed by atoms with Crippen molar-refractivity contribution in [1.29, 1.82) is 0 Å². The van der Waals surface area contributed by atoms with Crippen LogP contribution < -0.4 is 10.1 Å². The van der Waals surface area contributed by atoms with E-state index < -0.39 is 23.6 Å². The number of benzene rings is 1. The van der Waals surface area contributed by atoms with Gasteiger partial charge in [0.25, 0.3) is 0 Å². The van der Waals surface area contributed by atoms with E-state index in [0.717, 1.165) is 0 Å². The zero-order valence-electron chi connectivity index (χ0n) is 14.5. The van der Waals surface area contributed by atoms with Gasteiger partial charge in [-0.3, -0.25) is 0 Å². The van der Waals surface area contributed by atoms with Crippen molar-refractivity contribution in [2.45, 2.75) is 45.8 Å². The van der Waals surface area contributed by atoms with E-state index in [1.54, 1.807) is 20.8 Å². The molecular weight excluding hydrogens is 313 g/mol. The van der Waals surface area contributed by atoms with Crippen LogP contribution in [0, 0.1) is 17.7 Å². The fraction of sp³-hybridized carbons (Fsp3) is 0.500. The van der Waals surface area contributed by atoms with Crippen molar-refractivity contribution < 1.29 is 23.8 Å². The molecule has 0 saturated heterocycles. The molecule has 6 heteroatoms. The van der Waals surface area contributed by atoms with Gasteiger partial charge in [0.1, 0.15) is 23.8 Å². The first kappa shape index (κ1) is 19.8. The summed E-state index contributed by atoms with van der Waals surface area (Å²) in [4.78, 5) is 11.8. The largest absolute Gasteiger partial charge is 0.490 e. The first-order valence-electron chi connectivity index (χ1n) is 7.79. The van der Waals surface area contributed by atoms with E-state index in [1.165, 1.54) is 18.2 Å². The van der Waals surface area contributed by atoms with Gasteiger partial charge in [-0.2, -0.15) is 0 Å². The average molecular weight is 337 g/mol. The van der Waals surface area contributed by atoms with Crippen molar-refractivity contribution >= 4 is 6.09 Å². The molecule has 1 atom stereocenters. The molecular formula is C18H24FNO4. The normalized spacial score (nSPS) is 11.9. The van der Waals surface area contributed by atoms with E-state index in [4.69, 9.17) is 14.6 Å². The van der Waals surface area contributed by atoms with Crippen LogP contribution in [0.5, 0.6) is 5.75 Å². The molecule has 24 heavy (non-hydrogen) atoms. The van der Waals surface area contributed by atoms with Gasteiger partial charge in [0.15, 0.2) is 0 Å². The zero-order chi connectivity index (χ0) is 18.2. The van der Waals surface area contributed by atoms with Crippen LogP contribution in [-0.4, -0.2) is 36.1 Å². The molecule has 2 N–H and O–H groups in total. The number of ether oxygens (including phenoxy) is 2. The fourth-order valence-corrected chi connectivity index (χ4v) is 1.74. The van der Waals surface area contributed by atoms with E-state index >= 15 is 0 Å². The van der Waals surface area contributed by atoms with E-state index in [-0.39, 0.29) is 13.2 Å². The molecule has 1 aromatic rings. The highest BCUT2D eigenvalue weighted by molar-refractivity contribution is 5.68. The number of carbonyl (C=O) groups excluding carboxylic acids is 1. The number of aliphatic hydroxyl groups excluding tert-OH is 1. The van der Waals surface area contributed by atoms with E-state index in [0.29, 0.717) is 17.7 Å². The average Bonchev–Trinajstić information content (AvgIpc) is 2.48. The summed E-state index contributed by atoms with van der Waals surface area (Å²) in [6.07, 6.45) is 0.00799. The molecule has 0 fully saturated rings. The minimum absolute atomic E-state index is 0.0909. The Hall–Kier alpha value is -2.26. The number of hydrogen-bond acceptors (Lipinski definition) is 4. The Bertz CT molecular complexity index is 614. The topological polar surface area (TPSA) is 67.8 Å². The maximum Gasteiger partial charge on any atom is 0.408 e. The second-order valence-electron chi connectivity index (χ2n) is 6.09. The van der Waals surface area contributed by atoms with E-state index in [9.17, 15) is 9.18 Å². The number of halogens is 1. The lowest BCUT2D eigenvalue weighted by molar-refractivity contribution is 0.0515. The van der Waals surface area contributed by atoms with Crippen LogP contribution in [0.3, 0.4) is 0 Å². The lowest BCUT2D eigenvalue weighted by Gasteiger charge is -2.21. The SMILES string of the molecule is CC[C@@H](C#Cc1cc(F)ccc1OCCO)NC(=O)OC(C)(C)C. The highest BCUT2D eigenvalue weighted by atomic mass is 19.1. The summed E-state index contributed by atoms with van der Waals surface area (Å²) in [6.45, 7) is 7.13. The monoisotopic (exact) mass is 337 g/mol. The van der Waals surface area contributed by atoms with Crippen LogP contribution in [0.4, 0.5) is 9.18 Å². The summed E-state index contributed by atoms with van der Waals surface area (Å²) >= 11 is 0. The number of amides is 1. The highest BCUT2D eigenvalue weighted by Gasteiger charge is 2.17. The minimum Gasteiger partial charge on any atom is -0.490 e. The molecule has 0 unspecified atom stereocenters. The van der Waals surface area contributed by atoms with Crippen molar-refractivity contribution in [3.8, 4) is 17.6 Å². The second-order valence-corrected chi connectivity index (χ2v) is 6.09. The van der Waals surface area contributed by atoms with Gasteiger partial charge in [-0.1, -0.05) is 18.8 Å². The summed E-state index contributed by atoms with van der Waals surface area (Å²) in [5, 5.41) is 11.5. The standard InChI is InChI=1S/C18H24FNO4/c1-5-15(20-17(22)24-18(2,3)4)8-6-13-12-14(19)7-9-16(13)23-11-10-21/h7,9,12,15,21H,5,10-11H2,1-4H3,(H,20,22)/t15-/m0/s1. The zero-order valence-corrected chi connectivity index (χ0v) is 14.5. The number of nitrogens with one attached hydrogen (secondary N) is 1. The van der Waals surface area contributed by atoms with Crippen molar-refractivity contribution in [2.24, 2.45) is 0 Å². The molecule has 1 aromatic carbocycles. The third-order valence-corrected chi connectivity index (χ3v) is 2.77. The Morgan fingerprint density at radius 2 is 2.12 bits per heavy atom. The number of rotatable bonds is 5. The molecule has 0 bridgehead atoms. The molecule has 0 radical (unpaired) electrons.